The number of nitrogens with zero attached hydrogens (tertiary/aromatic N) is 2. The van der Waals surface area contributed by atoms with Crippen LogP contribution in [0, 0.1) is 17.8 Å². The molecule has 1 amide bonds. The highest BCUT2D eigenvalue weighted by Crippen LogP contribution is 2.31. The van der Waals surface area contributed by atoms with Gasteiger partial charge in [0.1, 0.15) is 17.5 Å². The van der Waals surface area contributed by atoms with Crippen LogP contribution in [0.15, 0.2) is 41.7 Å². The predicted octanol–water partition coefficient (Wildman–Crippen LogP) is 5.07. The molecule has 168 valence electrons. The van der Waals surface area contributed by atoms with Crippen LogP contribution in [0.1, 0.15) is 53.9 Å². The van der Waals surface area contributed by atoms with Crippen molar-refractivity contribution >= 4 is 23.2 Å². The number of alkyl halides is 3. The number of amides is 1. The van der Waals surface area contributed by atoms with Crippen molar-refractivity contribution in [3.8, 4) is 11.8 Å². The summed E-state index contributed by atoms with van der Waals surface area (Å²) in [6.45, 7) is 3.27. The highest BCUT2D eigenvalue weighted by atomic mass is 35.5. The van der Waals surface area contributed by atoms with Crippen LogP contribution in [0.3, 0.4) is 0 Å². The number of benzene rings is 1. The van der Waals surface area contributed by atoms with Crippen LogP contribution < -0.4 is 5.32 Å². The lowest BCUT2D eigenvalue weighted by Gasteiger charge is -2.14. The summed E-state index contributed by atoms with van der Waals surface area (Å²) >= 11 is 6.36. The molecule has 32 heavy (non-hydrogen) atoms. The smallest absolute Gasteiger partial charge is 0.393 e. The van der Waals surface area contributed by atoms with Gasteiger partial charge in [0.05, 0.1) is 22.7 Å². The van der Waals surface area contributed by atoms with Gasteiger partial charge in [-0.05, 0) is 44.9 Å². The Hall–Kier alpha value is -3.05. The molecule has 3 rings (SSSR count). The molecule has 1 aromatic carbocycles. The first kappa shape index (κ1) is 23.6. The summed E-state index contributed by atoms with van der Waals surface area (Å²) in [7, 11) is 0. The Morgan fingerprint density at radius 3 is 2.69 bits per heavy atom. The molecule has 0 saturated heterocycles. The van der Waals surface area contributed by atoms with Gasteiger partial charge < -0.3 is 10.2 Å². The van der Waals surface area contributed by atoms with Gasteiger partial charge in [-0.15, -0.1) is 0 Å². The predicted molar refractivity (Wildman–Crippen MR) is 115 cm³/mol. The number of aromatic nitrogens is 1. The molecule has 0 radical (unpaired) electrons. The number of rotatable bonds is 6. The number of pyridine rings is 1. The van der Waals surface area contributed by atoms with Crippen molar-refractivity contribution in [2.24, 2.45) is 11.1 Å². The van der Waals surface area contributed by atoms with Crippen molar-refractivity contribution in [1.82, 2.24) is 10.3 Å². The van der Waals surface area contributed by atoms with E-state index in [0.717, 1.165) is 25.0 Å². The average molecular weight is 464 g/mol. The summed E-state index contributed by atoms with van der Waals surface area (Å²) in [4.78, 5) is 22.1. The molecule has 1 aliphatic rings. The maximum absolute atomic E-state index is 13.2. The molecule has 0 unspecified atom stereocenters. The minimum atomic E-state index is -4.66. The molecule has 9 heteroatoms. The van der Waals surface area contributed by atoms with E-state index in [4.69, 9.17) is 16.4 Å². The van der Waals surface area contributed by atoms with Gasteiger partial charge in [0.2, 0.25) is 0 Å². The van der Waals surface area contributed by atoms with E-state index in [2.05, 4.69) is 27.3 Å². The van der Waals surface area contributed by atoms with Crippen LogP contribution in [0.2, 0.25) is 5.02 Å². The number of halogens is 4. The van der Waals surface area contributed by atoms with E-state index in [-0.39, 0.29) is 29.1 Å². The summed E-state index contributed by atoms with van der Waals surface area (Å²) in [6.07, 6.45) is -1.22. The Morgan fingerprint density at radius 2 is 2.06 bits per heavy atom. The third-order valence-electron chi connectivity index (χ3n) is 4.38. The molecule has 1 N–H and O–H groups in total. The van der Waals surface area contributed by atoms with E-state index in [0.29, 0.717) is 11.5 Å². The molecule has 1 heterocycles. The fourth-order valence-electron chi connectivity index (χ4n) is 2.65. The average Bonchev–Trinajstić information content (AvgIpc) is 3.56. The molecule has 0 atom stereocenters. The molecule has 1 aliphatic carbocycles. The summed E-state index contributed by atoms with van der Waals surface area (Å²) in [5.41, 5.74) is -0.465. The van der Waals surface area contributed by atoms with Gasteiger partial charge in [0.15, 0.2) is 0 Å². The number of hydrogen-bond donors (Lipinski definition) is 1. The third-order valence-corrected chi connectivity index (χ3v) is 4.67. The summed E-state index contributed by atoms with van der Waals surface area (Å²) in [6, 6.07) is 6.18. The van der Waals surface area contributed by atoms with Crippen molar-refractivity contribution in [3.63, 3.8) is 0 Å². The third kappa shape index (κ3) is 6.47. The van der Waals surface area contributed by atoms with Gasteiger partial charge >= 0.3 is 6.18 Å². The minimum absolute atomic E-state index is 0.170. The molecule has 1 saturated carbocycles. The molecule has 0 spiro atoms. The SMILES string of the molecule is CC(C)O/N=C(/CNC(=O)c1ccccc1C(F)(F)F)c1ncc(C#CC2CC2)cc1Cl. The van der Waals surface area contributed by atoms with Gasteiger partial charge in [-0.25, -0.2) is 0 Å². The van der Waals surface area contributed by atoms with Crippen LogP contribution in [0.5, 0.6) is 0 Å². The zero-order chi connectivity index (χ0) is 23.3. The number of hydrogen-bond acceptors (Lipinski definition) is 4. The fourth-order valence-corrected chi connectivity index (χ4v) is 2.92. The Kier molecular flexibility index (Phi) is 7.41. The van der Waals surface area contributed by atoms with Crippen molar-refractivity contribution in [2.75, 3.05) is 6.54 Å². The van der Waals surface area contributed by atoms with Crippen molar-refractivity contribution in [3.05, 3.63) is 63.9 Å². The Labute approximate surface area is 189 Å². The second-order valence-electron chi connectivity index (χ2n) is 7.52. The molecule has 2 aromatic rings. The molecule has 1 fully saturated rings. The van der Waals surface area contributed by atoms with Gasteiger partial charge in [0.25, 0.3) is 5.91 Å². The lowest BCUT2D eigenvalue weighted by Crippen LogP contribution is -2.32. The van der Waals surface area contributed by atoms with Gasteiger partial charge in [-0.1, -0.05) is 40.7 Å². The van der Waals surface area contributed by atoms with Gasteiger partial charge in [0, 0.05) is 17.7 Å². The van der Waals surface area contributed by atoms with Gasteiger partial charge in [-0.2, -0.15) is 13.2 Å². The quantitative estimate of drug-likeness (QED) is 0.369. The van der Waals surface area contributed by atoms with E-state index in [1.54, 1.807) is 19.9 Å². The summed E-state index contributed by atoms with van der Waals surface area (Å²) in [5.74, 6) is 5.64. The number of carbonyl (C=O) groups is 1. The number of oxime groups is 1. The van der Waals surface area contributed by atoms with Crippen LogP contribution in [0.4, 0.5) is 13.2 Å². The highest BCUT2D eigenvalue weighted by Gasteiger charge is 2.34. The second-order valence-corrected chi connectivity index (χ2v) is 7.92. The van der Waals surface area contributed by atoms with E-state index in [9.17, 15) is 18.0 Å². The molecular formula is C23H21ClF3N3O2. The molecule has 1 aromatic heterocycles. The first-order valence-corrected chi connectivity index (χ1v) is 10.4. The zero-order valence-electron chi connectivity index (χ0n) is 17.5. The first-order valence-electron chi connectivity index (χ1n) is 9.99. The Bertz CT molecular complexity index is 1080. The van der Waals surface area contributed by atoms with E-state index < -0.39 is 23.2 Å². The number of carbonyl (C=O) groups excluding carboxylic acids is 1. The lowest BCUT2D eigenvalue weighted by atomic mass is 10.1. The van der Waals surface area contributed by atoms with Crippen molar-refractivity contribution < 1.29 is 22.8 Å². The van der Waals surface area contributed by atoms with E-state index in [1.165, 1.54) is 18.3 Å². The van der Waals surface area contributed by atoms with Crippen LogP contribution >= 0.6 is 11.6 Å². The van der Waals surface area contributed by atoms with E-state index >= 15 is 0 Å². The van der Waals surface area contributed by atoms with Crippen molar-refractivity contribution in [2.45, 2.75) is 39.0 Å². The number of nitrogens with one attached hydrogen (secondary N) is 1. The highest BCUT2D eigenvalue weighted by molar-refractivity contribution is 6.34. The first-order chi connectivity index (χ1) is 15.1. The topological polar surface area (TPSA) is 63.6 Å². The minimum Gasteiger partial charge on any atom is -0.393 e. The summed E-state index contributed by atoms with van der Waals surface area (Å²) < 4.78 is 39.7. The second kappa shape index (κ2) is 10.0. The normalized spacial score (nSPS) is 14.0. The van der Waals surface area contributed by atoms with Gasteiger partial charge in [-0.3, -0.25) is 9.78 Å². The standard InChI is InChI=1S/C23H21ClF3N3O2/c1-14(2)32-30-20(21-19(24)11-16(12-28-21)10-9-15-7-8-15)13-29-22(31)17-5-3-4-6-18(17)23(25,26)27/h3-6,11-12,14-15H,7-8,13H2,1-2H3,(H,29,31)/b30-20-. The summed E-state index contributed by atoms with van der Waals surface area (Å²) in [5, 5.41) is 6.69. The molecule has 0 bridgehead atoms. The van der Waals surface area contributed by atoms with Crippen LogP contribution in [0.25, 0.3) is 0 Å². The molecule has 0 aliphatic heterocycles. The zero-order valence-corrected chi connectivity index (χ0v) is 18.2. The lowest BCUT2D eigenvalue weighted by molar-refractivity contribution is -0.137. The van der Waals surface area contributed by atoms with E-state index in [1.807, 2.05) is 0 Å². The van der Waals surface area contributed by atoms with Crippen LogP contribution in [-0.2, 0) is 11.0 Å². The monoisotopic (exact) mass is 463 g/mol. The van der Waals surface area contributed by atoms with Crippen molar-refractivity contribution in [1.29, 1.82) is 0 Å². The maximum atomic E-state index is 13.2. The largest absolute Gasteiger partial charge is 0.417 e. The van der Waals surface area contributed by atoms with Crippen LogP contribution in [-0.4, -0.2) is 29.3 Å². The fraction of sp³-hybridized carbons (Fsp3) is 0.348. The Morgan fingerprint density at radius 1 is 1.34 bits per heavy atom. The molecule has 5 nitrogen and oxygen atoms in total. The Balaban J connectivity index is 1.81. The maximum Gasteiger partial charge on any atom is 0.417 e. The molecular weight excluding hydrogens is 443 g/mol.